The van der Waals surface area contributed by atoms with Crippen LogP contribution in [0.4, 0.5) is 0 Å². The Hall–Kier alpha value is -4.04. The summed E-state index contributed by atoms with van der Waals surface area (Å²) in [6, 6.07) is 20.9. The first kappa shape index (κ1) is 25.2. The summed E-state index contributed by atoms with van der Waals surface area (Å²) in [7, 11) is 0. The van der Waals surface area contributed by atoms with Gasteiger partial charge in [-0.15, -0.1) is 0 Å². The number of benzene rings is 3. The molecule has 2 aliphatic heterocycles. The Morgan fingerprint density at radius 3 is 2.31 bits per heavy atom. The van der Waals surface area contributed by atoms with Crippen LogP contribution in [0.3, 0.4) is 0 Å². The molecular formula is C31H32N4O4. The van der Waals surface area contributed by atoms with Crippen molar-refractivity contribution in [1.82, 2.24) is 19.9 Å². The van der Waals surface area contributed by atoms with Crippen molar-refractivity contribution in [1.29, 1.82) is 0 Å². The molecule has 200 valence electrons. The van der Waals surface area contributed by atoms with Crippen molar-refractivity contribution in [2.24, 2.45) is 0 Å². The van der Waals surface area contributed by atoms with Crippen LogP contribution in [0.5, 0.6) is 0 Å². The standard InChI is InChI=1S/C31H32N4O4/c36-26-19-27(29-32-28(33-39-29)10-6-9-21-7-2-1-3-8-21)35(20-26)31(38)25-14-12-22-17-24(13-11-23(22)18-25)30(37)34-15-4-5-16-34/h1-3,7-8,11-14,17-18,26-27,36H,4-6,9-10,15-16,19-20H2/t26-,27+/m1/s1. The van der Waals surface area contributed by atoms with Crippen LogP contribution in [-0.4, -0.2) is 62.6 Å². The van der Waals surface area contributed by atoms with E-state index in [0.29, 0.717) is 35.7 Å². The fourth-order valence-corrected chi connectivity index (χ4v) is 5.65. The van der Waals surface area contributed by atoms with Gasteiger partial charge in [0, 0.05) is 43.6 Å². The fraction of sp³-hybridized carbons (Fsp3) is 0.355. The molecule has 0 radical (unpaired) electrons. The number of amides is 2. The number of likely N-dealkylation sites (tertiary alicyclic amines) is 2. The van der Waals surface area contributed by atoms with E-state index >= 15 is 0 Å². The highest BCUT2D eigenvalue weighted by Crippen LogP contribution is 2.33. The van der Waals surface area contributed by atoms with Crippen LogP contribution in [0.25, 0.3) is 10.8 Å². The number of nitrogens with zero attached hydrogens (tertiary/aromatic N) is 4. The quantitative estimate of drug-likeness (QED) is 0.380. The highest BCUT2D eigenvalue weighted by molar-refractivity contribution is 6.02. The minimum atomic E-state index is -0.660. The van der Waals surface area contributed by atoms with Gasteiger partial charge in [-0.25, -0.2) is 0 Å². The van der Waals surface area contributed by atoms with Crippen molar-refractivity contribution in [3.05, 3.63) is 95.1 Å². The van der Waals surface area contributed by atoms with E-state index in [1.807, 2.05) is 53.4 Å². The predicted octanol–water partition coefficient (Wildman–Crippen LogP) is 4.58. The van der Waals surface area contributed by atoms with E-state index < -0.39 is 12.1 Å². The lowest BCUT2D eigenvalue weighted by Gasteiger charge is -2.22. The first-order valence-electron chi connectivity index (χ1n) is 13.7. The molecule has 3 aromatic carbocycles. The summed E-state index contributed by atoms with van der Waals surface area (Å²) < 4.78 is 5.56. The Kier molecular flexibility index (Phi) is 7.11. The maximum atomic E-state index is 13.6. The molecule has 8 heteroatoms. The topological polar surface area (TPSA) is 99.8 Å². The number of aliphatic hydroxyl groups excluding tert-OH is 1. The first-order valence-corrected chi connectivity index (χ1v) is 13.7. The normalized spacial score (nSPS) is 19.2. The zero-order valence-corrected chi connectivity index (χ0v) is 21.8. The van der Waals surface area contributed by atoms with Crippen molar-refractivity contribution < 1.29 is 19.2 Å². The van der Waals surface area contributed by atoms with E-state index in [0.717, 1.165) is 49.5 Å². The third kappa shape index (κ3) is 5.43. The molecular weight excluding hydrogens is 492 g/mol. The summed E-state index contributed by atoms with van der Waals surface area (Å²) in [5.41, 5.74) is 2.45. The largest absolute Gasteiger partial charge is 0.391 e. The van der Waals surface area contributed by atoms with Crippen LogP contribution in [0.15, 0.2) is 71.3 Å². The number of hydrogen-bond donors (Lipinski definition) is 1. The Bertz CT molecular complexity index is 1480. The predicted molar refractivity (Wildman–Crippen MR) is 146 cm³/mol. The minimum absolute atomic E-state index is 0.0578. The molecule has 4 aromatic rings. The SMILES string of the molecule is O=C(c1ccc2cc(C(=O)N3C[C@H](O)C[C@H]3c3nc(CCCc4ccccc4)no3)ccc2c1)N1CCCC1. The zero-order valence-electron chi connectivity index (χ0n) is 21.8. The van der Waals surface area contributed by atoms with Gasteiger partial charge in [0.1, 0.15) is 6.04 Å². The van der Waals surface area contributed by atoms with Gasteiger partial charge in [-0.1, -0.05) is 47.6 Å². The van der Waals surface area contributed by atoms with E-state index in [1.165, 1.54) is 5.56 Å². The molecule has 6 rings (SSSR count). The van der Waals surface area contributed by atoms with Gasteiger partial charge >= 0.3 is 0 Å². The van der Waals surface area contributed by atoms with Crippen molar-refractivity contribution >= 4 is 22.6 Å². The second kappa shape index (κ2) is 11.0. The average molecular weight is 525 g/mol. The lowest BCUT2D eigenvalue weighted by Crippen LogP contribution is -2.32. The van der Waals surface area contributed by atoms with Gasteiger partial charge in [-0.05, 0) is 66.3 Å². The number of aromatic nitrogens is 2. The van der Waals surface area contributed by atoms with Crippen LogP contribution in [0.1, 0.15) is 69.7 Å². The lowest BCUT2D eigenvalue weighted by molar-refractivity contribution is 0.0693. The van der Waals surface area contributed by atoms with Crippen LogP contribution in [0, 0.1) is 0 Å². The van der Waals surface area contributed by atoms with E-state index in [2.05, 4.69) is 22.3 Å². The van der Waals surface area contributed by atoms with E-state index in [1.54, 1.807) is 11.0 Å². The summed E-state index contributed by atoms with van der Waals surface area (Å²) in [5, 5.41) is 16.4. The third-order valence-electron chi connectivity index (χ3n) is 7.74. The number of carbonyl (C=O) groups is 2. The molecule has 2 atom stereocenters. The highest BCUT2D eigenvalue weighted by atomic mass is 16.5. The van der Waals surface area contributed by atoms with Crippen LogP contribution in [-0.2, 0) is 12.8 Å². The summed E-state index contributed by atoms with van der Waals surface area (Å²) >= 11 is 0. The van der Waals surface area contributed by atoms with Crippen molar-refractivity contribution in [3.63, 3.8) is 0 Å². The number of hydrogen-bond acceptors (Lipinski definition) is 6. The van der Waals surface area contributed by atoms with E-state index in [-0.39, 0.29) is 18.4 Å². The molecule has 2 fully saturated rings. The van der Waals surface area contributed by atoms with Crippen molar-refractivity contribution in [2.45, 2.75) is 50.7 Å². The minimum Gasteiger partial charge on any atom is -0.391 e. The number of fused-ring (bicyclic) bond motifs is 1. The molecule has 1 aromatic heterocycles. The first-order chi connectivity index (χ1) is 19.0. The van der Waals surface area contributed by atoms with Crippen molar-refractivity contribution in [2.75, 3.05) is 19.6 Å². The van der Waals surface area contributed by atoms with Gasteiger partial charge < -0.3 is 19.4 Å². The second-order valence-corrected chi connectivity index (χ2v) is 10.5. The second-order valence-electron chi connectivity index (χ2n) is 10.5. The molecule has 8 nitrogen and oxygen atoms in total. The van der Waals surface area contributed by atoms with Crippen LogP contribution < -0.4 is 0 Å². The number of aryl methyl sites for hydroxylation is 2. The Morgan fingerprint density at radius 2 is 1.59 bits per heavy atom. The molecule has 0 aliphatic carbocycles. The number of aliphatic hydroxyl groups is 1. The van der Waals surface area contributed by atoms with Gasteiger partial charge in [0.05, 0.1) is 6.10 Å². The summed E-state index contributed by atoms with van der Waals surface area (Å²) in [4.78, 5) is 34.4. The summed E-state index contributed by atoms with van der Waals surface area (Å²) in [6.07, 6.45) is 4.29. The van der Waals surface area contributed by atoms with Crippen LogP contribution >= 0.6 is 0 Å². The lowest BCUT2D eigenvalue weighted by atomic mass is 10.0. The molecule has 2 amide bonds. The Labute approximate surface area is 227 Å². The van der Waals surface area contributed by atoms with E-state index in [4.69, 9.17) is 4.52 Å². The van der Waals surface area contributed by atoms with Gasteiger partial charge in [-0.2, -0.15) is 4.98 Å². The molecule has 1 N–H and O–H groups in total. The zero-order chi connectivity index (χ0) is 26.8. The smallest absolute Gasteiger partial charge is 0.254 e. The maximum absolute atomic E-state index is 13.6. The maximum Gasteiger partial charge on any atom is 0.254 e. The van der Waals surface area contributed by atoms with Crippen LogP contribution in [0.2, 0.25) is 0 Å². The summed E-state index contributed by atoms with van der Waals surface area (Å²) in [6.45, 7) is 1.82. The Morgan fingerprint density at radius 1 is 0.897 bits per heavy atom. The molecule has 2 aliphatic rings. The van der Waals surface area contributed by atoms with Gasteiger partial charge in [0.15, 0.2) is 5.82 Å². The Balaban J connectivity index is 1.15. The van der Waals surface area contributed by atoms with Gasteiger partial charge in [0.2, 0.25) is 5.89 Å². The molecule has 39 heavy (non-hydrogen) atoms. The van der Waals surface area contributed by atoms with Gasteiger partial charge in [-0.3, -0.25) is 9.59 Å². The van der Waals surface area contributed by atoms with E-state index in [9.17, 15) is 14.7 Å². The fourth-order valence-electron chi connectivity index (χ4n) is 5.65. The molecule has 0 spiro atoms. The molecule has 0 unspecified atom stereocenters. The molecule has 2 saturated heterocycles. The molecule has 0 saturated carbocycles. The average Bonchev–Trinajstić information content (AvgIpc) is 3.74. The number of rotatable bonds is 7. The third-order valence-corrected chi connectivity index (χ3v) is 7.74. The van der Waals surface area contributed by atoms with Crippen molar-refractivity contribution in [3.8, 4) is 0 Å². The molecule has 3 heterocycles. The van der Waals surface area contributed by atoms with Gasteiger partial charge in [0.25, 0.3) is 11.8 Å². The number of β-amino-alcohol motifs (C(OH)–C–C–N with tert-alkyl or cyclic N) is 1. The highest BCUT2D eigenvalue weighted by Gasteiger charge is 2.39. The summed E-state index contributed by atoms with van der Waals surface area (Å²) in [5.74, 6) is 0.835. The molecule has 0 bridgehead atoms. The monoisotopic (exact) mass is 524 g/mol. The number of carbonyl (C=O) groups excluding carboxylic acids is 2.